The monoisotopic (exact) mass is 283 g/mol. The Hall–Kier alpha value is -0.980. The fraction of sp³-hybridized carbons (Fsp3) is 0.692. The lowest BCUT2D eigenvalue weighted by atomic mass is 10.3. The molecule has 2 rings (SSSR count). The largest absolute Gasteiger partial charge is 0.378 e. The molecule has 1 aliphatic rings. The first-order chi connectivity index (χ1) is 9.27. The summed E-state index contributed by atoms with van der Waals surface area (Å²) in [5, 5.41) is 3.32. The first kappa shape index (κ1) is 14.4. The second-order valence-electron chi connectivity index (χ2n) is 4.60. The topological polar surface area (TPSA) is 54.5 Å². The van der Waals surface area contributed by atoms with Gasteiger partial charge >= 0.3 is 0 Å². The molecule has 106 valence electrons. The molecule has 0 unspecified atom stereocenters. The minimum Gasteiger partial charge on any atom is -0.378 e. The zero-order valence-electron chi connectivity index (χ0n) is 11.4. The number of hydrogen-bond donors (Lipinski definition) is 1. The highest BCUT2D eigenvalue weighted by Gasteiger charge is 2.15. The molecular formula is C13H21N3O2S. The van der Waals surface area contributed by atoms with Gasteiger partial charge in [-0.3, -0.25) is 4.79 Å². The van der Waals surface area contributed by atoms with Crippen molar-refractivity contribution in [3.8, 4) is 0 Å². The Morgan fingerprint density at radius 2 is 2.26 bits per heavy atom. The molecule has 19 heavy (non-hydrogen) atoms. The van der Waals surface area contributed by atoms with Crippen molar-refractivity contribution >= 4 is 17.2 Å². The van der Waals surface area contributed by atoms with Crippen LogP contribution in [0, 0.1) is 6.92 Å². The van der Waals surface area contributed by atoms with Crippen molar-refractivity contribution in [1.82, 2.24) is 15.2 Å². The highest BCUT2D eigenvalue weighted by Crippen LogP contribution is 2.11. The number of carbonyl (C=O) groups excluding carboxylic acids is 1. The van der Waals surface area contributed by atoms with Crippen LogP contribution in [0.4, 0.5) is 0 Å². The summed E-state index contributed by atoms with van der Waals surface area (Å²) in [4.78, 5) is 19.3. The quantitative estimate of drug-likeness (QED) is 0.786. The van der Waals surface area contributed by atoms with Crippen LogP contribution < -0.4 is 5.32 Å². The Morgan fingerprint density at radius 1 is 1.47 bits per heavy atom. The molecule has 6 heteroatoms. The van der Waals surface area contributed by atoms with Gasteiger partial charge in [-0.25, -0.2) is 4.98 Å². The van der Waals surface area contributed by atoms with Gasteiger partial charge in [-0.1, -0.05) is 0 Å². The smallest absolute Gasteiger partial charge is 0.224 e. The lowest BCUT2D eigenvalue weighted by Crippen LogP contribution is -2.41. The summed E-state index contributed by atoms with van der Waals surface area (Å²) < 4.78 is 5.23. The standard InChI is InChI=1S/C13H21N3O2S/c1-11-12(19-10-15-11)2-4-14-5-3-13(17)16-6-8-18-9-7-16/h10,14H,2-9H2,1H3. The maximum absolute atomic E-state index is 11.9. The van der Waals surface area contributed by atoms with E-state index < -0.39 is 0 Å². The van der Waals surface area contributed by atoms with E-state index in [2.05, 4.69) is 10.3 Å². The molecule has 0 aromatic carbocycles. The van der Waals surface area contributed by atoms with Crippen molar-refractivity contribution < 1.29 is 9.53 Å². The summed E-state index contributed by atoms with van der Waals surface area (Å²) in [6, 6.07) is 0. The van der Waals surface area contributed by atoms with Crippen LogP contribution in [0.1, 0.15) is 17.0 Å². The number of carbonyl (C=O) groups is 1. The number of hydrogen-bond acceptors (Lipinski definition) is 5. The maximum Gasteiger partial charge on any atom is 0.224 e. The molecule has 0 bridgehead atoms. The SMILES string of the molecule is Cc1ncsc1CCNCCC(=O)N1CCOCC1. The van der Waals surface area contributed by atoms with Gasteiger partial charge in [0.05, 0.1) is 24.4 Å². The molecule has 1 amide bonds. The maximum atomic E-state index is 11.9. The van der Waals surface area contributed by atoms with Crippen molar-refractivity contribution in [1.29, 1.82) is 0 Å². The number of thiazole rings is 1. The molecular weight excluding hydrogens is 262 g/mol. The third-order valence-corrected chi connectivity index (χ3v) is 4.25. The Labute approximate surface area is 118 Å². The van der Waals surface area contributed by atoms with Crippen LogP contribution in [-0.4, -0.2) is 55.2 Å². The van der Waals surface area contributed by atoms with Crippen molar-refractivity contribution in [2.75, 3.05) is 39.4 Å². The van der Waals surface area contributed by atoms with Crippen molar-refractivity contribution in [2.45, 2.75) is 19.8 Å². The number of aromatic nitrogens is 1. The highest BCUT2D eigenvalue weighted by atomic mass is 32.1. The normalized spacial score (nSPS) is 15.7. The minimum absolute atomic E-state index is 0.227. The molecule has 1 fully saturated rings. The van der Waals surface area contributed by atoms with E-state index >= 15 is 0 Å². The van der Waals surface area contributed by atoms with Gasteiger partial charge < -0.3 is 15.0 Å². The van der Waals surface area contributed by atoms with E-state index in [0.717, 1.165) is 38.3 Å². The molecule has 0 aliphatic carbocycles. The average molecular weight is 283 g/mol. The summed E-state index contributed by atoms with van der Waals surface area (Å²) >= 11 is 1.70. The van der Waals surface area contributed by atoms with Gasteiger partial charge in [-0.2, -0.15) is 0 Å². The van der Waals surface area contributed by atoms with Crippen LogP contribution in [0.3, 0.4) is 0 Å². The molecule has 1 N–H and O–H groups in total. The predicted molar refractivity (Wildman–Crippen MR) is 75.4 cm³/mol. The number of rotatable bonds is 6. The fourth-order valence-electron chi connectivity index (χ4n) is 2.06. The van der Waals surface area contributed by atoms with Crippen LogP contribution >= 0.6 is 11.3 Å². The van der Waals surface area contributed by atoms with Gasteiger partial charge in [0.2, 0.25) is 5.91 Å². The number of aryl methyl sites for hydroxylation is 1. The van der Waals surface area contributed by atoms with Gasteiger partial charge in [0, 0.05) is 37.5 Å². The van der Waals surface area contributed by atoms with Gasteiger partial charge in [-0.15, -0.1) is 11.3 Å². The summed E-state index contributed by atoms with van der Waals surface area (Å²) in [5.74, 6) is 0.227. The van der Waals surface area contributed by atoms with Crippen LogP contribution in [0.2, 0.25) is 0 Å². The molecule has 1 aliphatic heterocycles. The first-order valence-corrected chi connectivity index (χ1v) is 7.60. The first-order valence-electron chi connectivity index (χ1n) is 6.72. The Morgan fingerprint density at radius 3 is 2.95 bits per heavy atom. The number of amides is 1. The number of ether oxygens (including phenoxy) is 1. The van der Waals surface area contributed by atoms with E-state index in [1.54, 1.807) is 11.3 Å². The van der Waals surface area contributed by atoms with Gasteiger partial charge in [0.15, 0.2) is 0 Å². The Bertz CT molecular complexity index is 402. The van der Waals surface area contributed by atoms with E-state index in [9.17, 15) is 4.79 Å². The number of nitrogens with one attached hydrogen (secondary N) is 1. The Balaban J connectivity index is 1.56. The summed E-state index contributed by atoms with van der Waals surface area (Å²) in [5.41, 5.74) is 3.00. The molecule has 1 aromatic heterocycles. The van der Waals surface area contributed by atoms with E-state index in [0.29, 0.717) is 19.6 Å². The lowest BCUT2D eigenvalue weighted by Gasteiger charge is -2.26. The van der Waals surface area contributed by atoms with Crippen molar-refractivity contribution in [2.24, 2.45) is 0 Å². The van der Waals surface area contributed by atoms with Gasteiger partial charge in [0.25, 0.3) is 0 Å². The van der Waals surface area contributed by atoms with Crippen LogP contribution in [0.15, 0.2) is 5.51 Å². The van der Waals surface area contributed by atoms with E-state index in [1.165, 1.54) is 4.88 Å². The minimum atomic E-state index is 0.227. The summed E-state index contributed by atoms with van der Waals surface area (Å²) in [7, 11) is 0. The van der Waals surface area contributed by atoms with Gasteiger partial charge in [-0.05, 0) is 13.3 Å². The second-order valence-corrected chi connectivity index (χ2v) is 5.54. The van der Waals surface area contributed by atoms with E-state index in [4.69, 9.17) is 4.74 Å². The van der Waals surface area contributed by atoms with Gasteiger partial charge in [0.1, 0.15) is 0 Å². The third-order valence-electron chi connectivity index (χ3n) is 3.25. The van der Waals surface area contributed by atoms with Crippen molar-refractivity contribution in [3.05, 3.63) is 16.1 Å². The molecule has 0 radical (unpaired) electrons. The van der Waals surface area contributed by atoms with Crippen molar-refractivity contribution in [3.63, 3.8) is 0 Å². The van der Waals surface area contributed by atoms with Crippen LogP contribution in [0.25, 0.3) is 0 Å². The highest BCUT2D eigenvalue weighted by molar-refractivity contribution is 7.09. The summed E-state index contributed by atoms with van der Waals surface area (Å²) in [6.45, 7) is 6.49. The molecule has 0 saturated carbocycles. The Kier molecular flexibility index (Phi) is 5.75. The summed E-state index contributed by atoms with van der Waals surface area (Å²) in [6.07, 6.45) is 1.56. The molecule has 5 nitrogen and oxygen atoms in total. The van der Waals surface area contributed by atoms with E-state index in [1.807, 2.05) is 17.3 Å². The predicted octanol–water partition coefficient (Wildman–Crippen LogP) is 0.833. The average Bonchev–Trinajstić information content (AvgIpc) is 2.85. The van der Waals surface area contributed by atoms with E-state index in [-0.39, 0.29) is 5.91 Å². The molecule has 1 saturated heterocycles. The zero-order valence-corrected chi connectivity index (χ0v) is 12.2. The van der Waals surface area contributed by atoms with Crippen LogP contribution in [-0.2, 0) is 16.0 Å². The number of nitrogens with zero attached hydrogens (tertiary/aromatic N) is 2. The molecule has 1 aromatic rings. The second kappa shape index (κ2) is 7.57. The fourth-order valence-corrected chi connectivity index (χ4v) is 2.84. The lowest BCUT2D eigenvalue weighted by molar-refractivity contribution is -0.135. The van der Waals surface area contributed by atoms with Crippen LogP contribution in [0.5, 0.6) is 0 Å². The third kappa shape index (κ3) is 4.56. The zero-order chi connectivity index (χ0) is 13.5. The molecule has 2 heterocycles. The number of morpholine rings is 1. The molecule has 0 atom stereocenters. The molecule has 0 spiro atoms.